The molecule has 0 bridgehead atoms. The SMILES string of the molecule is CCCCCCOc1ccccc1C(=O)Nc1cccc(C(=O)N(CC)c2ccccc2)c1. The summed E-state index contributed by atoms with van der Waals surface area (Å²) in [4.78, 5) is 27.8. The lowest BCUT2D eigenvalue weighted by atomic mass is 10.1. The highest BCUT2D eigenvalue weighted by Gasteiger charge is 2.17. The molecule has 5 nitrogen and oxygen atoms in total. The molecular weight excluding hydrogens is 412 g/mol. The van der Waals surface area contributed by atoms with Gasteiger partial charge in [-0.1, -0.05) is 62.6 Å². The van der Waals surface area contributed by atoms with E-state index >= 15 is 0 Å². The molecule has 0 saturated heterocycles. The van der Waals surface area contributed by atoms with E-state index < -0.39 is 0 Å². The highest BCUT2D eigenvalue weighted by atomic mass is 16.5. The number of benzene rings is 3. The lowest BCUT2D eigenvalue weighted by Crippen LogP contribution is -2.30. The van der Waals surface area contributed by atoms with Gasteiger partial charge < -0.3 is 15.0 Å². The van der Waals surface area contributed by atoms with Gasteiger partial charge in [-0.15, -0.1) is 0 Å². The van der Waals surface area contributed by atoms with E-state index in [9.17, 15) is 9.59 Å². The van der Waals surface area contributed by atoms with Crippen molar-refractivity contribution in [1.29, 1.82) is 0 Å². The van der Waals surface area contributed by atoms with Crippen LogP contribution in [0.3, 0.4) is 0 Å². The third kappa shape index (κ3) is 6.69. The molecule has 0 unspecified atom stereocenters. The summed E-state index contributed by atoms with van der Waals surface area (Å²) in [5.41, 5.74) is 2.39. The van der Waals surface area contributed by atoms with E-state index in [0.717, 1.165) is 18.5 Å². The van der Waals surface area contributed by atoms with Crippen molar-refractivity contribution in [3.63, 3.8) is 0 Å². The maximum Gasteiger partial charge on any atom is 0.259 e. The molecule has 3 aromatic carbocycles. The molecule has 0 heterocycles. The normalized spacial score (nSPS) is 10.5. The number of amides is 2. The minimum Gasteiger partial charge on any atom is -0.493 e. The number of para-hydroxylation sites is 2. The Balaban J connectivity index is 1.70. The molecule has 2 amide bonds. The van der Waals surface area contributed by atoms with Gasteiger partial charge in [0.1, 0.15) is 5.75 Å². The Morgan fingerprint density at radius 2 is 1.61 bits per heavy atom. The molecule has 0 radical (unpaired) electrons. The van der Waals surface area contributed by atoms with Crippen LogP contribution in [0, 0.1) is 0 Å². The zero-order valence-electron chi connectivity index (χ0n) is 19.4. The van der Waals surface area contributed by atoms with E-state index in [0.29, 0.717) is 35.7 Å². The third-order valence-electron chi connectivity index (χ3n) is 5.38. The van der Waals surface area contributed by atoms with Gasteiger partial charge >= 0.3 is 0 Å². The number of nitrogens with zero attached hydrogens (tertiary/aromatic N) is 1. The van der Waals surface area contributed by atoms with Crippen molar-refractivity contribution in [2.45, 2.75) is 39.5 Å². The van der Waals surface area contributed by atoms with Crippen LogP contribution >= 0.6 is 0 Å². The summed E-state index contributed by atoms with van der Waals surface area (Å²) in [6, 6.07) is 23.8. The van der Waals surface area contributed by atoms with Gasteiger partial charge in [-0.05, 0) is 55.8 Å². The maximum atomic E-state index is 13.1. The van der Waals surface area contributed by atoms with Crippen LogP contribution in [0.1, 0.15) is 60.2 Å². The maximum absolute atomic E-state index is 13.1. The molecule has 0 aliphatic heterocycles. The molecule has 33 heavy (non-hydrogen) atoms. The predicted octanol–water partition coefficient (Wildman–Crippen LogP) is 6.56. The molecule has 5 heteroatoms. The van der Waals surface area contributed by atoms with Gasteiger partial charge in [0.15, 0.2) is 0 Å². The second-order valence-electron chi connectivity index (χ2n) is 7.83. The smallest absolute Gasteiger partial charge is 0.259 e. The Morgan fingerprint density at radius 3 is 2.36 bits per heavy atom. The van der Waals surface area contributed by atoms with E-state index in [4.69, 9.17) is 4.74 Å². The highest BCUT2D eigenvalue weighted by molar-refractivity contribution is 6.09. The Morgan fingerprint density at radius 1 is 0.848 bits per heavy atom. The first-order valence-electron chi connectivity index (χ1n) is 11.6. The van der Waals surface area contributed by atoms with Gasteiger partial charge in [-0.3, -0.25) is 9.59 Å². The van der Waals surface area contributed by atoms with Gasteiger partial charge in [-0.2, -0.15) is 0 Å². The molecule has 3 aromatic rings. The highest BCUT2D eigenvalue weighted by Crippen LogP contribution is 2.22. The summed E-state index contributed by atoms with van der Waals surface area (Å²) in [6.45, 7) is 5.24. The van der Waals surface area contributed by atoms with Crippen LogP contribution in [0.5, 0.6) is 5.75 Å². The predicted molar refractivity (Wildman–Crippen MR) is 134 cm³/mol. The van der Waals surface area contributed by atoms with Crippen molar-refractivity contribution < 1.29 is 14.3 Å². The molecule has 0 fully saturated rings. The van der Waals surface area contributed by atoms with Crippen molar-refractivity contribution in [2.75, 3.05) is 23.4 Å². The number of unbranched alkanes of at least 4 members (excludes halogenated alkanes) is 3. The van der Waals surface area contributed by atoms with E-state index in [2.05, 4.69) is 12.2 Å². The largest absolute Gasteiger partial charge is 0.493 e. The van der Waals surface area contributed by atoms with Crippen LogP contribution in [-0.2, 0) is 0 Å². The second-order valence-corrected chi connectivity index (χ2v) is 7.83. The first-order valence-corrected chi connectivity index (χ1v) is 11.6. The lowest BCUT2D eigenvalue weighted by Gasteiger charge is -2.21. The summed E-state index contributed by atoms with van der Waals surface area (Å²) in [5, 5.41) is 2.91. The number of carbonyl (C=O) groups is 2. The van der Waals surface area contributed by atoms with E-state index in [-0.39, 0.29) is 11.8 Å². The summed E-state index contributed by atoms with van der Waals surface area (Å²) >= 11 is 0. The van der Waals surface area contributed by atoms with Crippen LogP contribution in [0.25, 0.3) is 0 Å². The zero-order chi connectivity index (χ0) is 23.5. The van der Waals surface area contributed by atoms with Crippen molar-refractivity contribution >= 4 is 23.2 Å². The van der Waals surface area contributed by atoms with Gasteiger partial charge in [-0.25, -0.2) is 0 Å². The number of rotatable bonds is 11. The zero-order valence-corrected chi connectivity index (χ0v) is 19.4. The molecule has 0 aliphatic rings. The Hall–Kier alpha value is -3.60. The average Bonchev–Trinajstić information content (AvgIpc) is 2.85. The summed E-state index contributed by atoms with van der Waals surface area (Å²) in [6.07, 6.45) is 4.43. The Bertz CT molecular complexity index is 1050. The number of ether oxygens (including phenoxy) is 1. The van der Waals surface area contributed by atoms with Crippen LogP contribution in [0.15, 0.2) is 78.9 Å². The standard InChI is InChI=1S/C28H32N2O3/c1-3-5-6-12-20-33-26-19-11-10-18-25(26)27(31)29-23-15-13-14-22(21-23)28(32)30(4-2)24-16-8-7-9-17-24/h7-11,13-19,21H,3-6,12,20H2,1-2H3,(H,29,31). The fourth-order valence-electron chi connectivity index (χ4n) is 3.63. The fourth-order valence-corrected chi connectivity index (χ4v) is 3.63. The van der Waals surface area contributed by atoms with Gasteiger partial charge in [0, 0.05) is 23.5 Å². The first-order chi connectivity index (χ1) is 16.1. The molecule has 1 N–H and O–H groups in total. The van der Waals surface area contributed by atoms with E-state index in [1.54, 1.807) is 35.2 Å². The Kier molecular flexibility index (Phi) is 9.07. The van der Waals surface area contributed by atoms with Crippen LogP contribution in [0.4, 0.5) is 11.4 Å². The van der Waals surface area contributed by atoms with Crippen molar-refractivity contribution in [3.05, 3.63) is 90.0 Å². The number of anilines is 2. The minimum atomic E-state index is -0.265. The van der Waals surface area contributed by atoms with Crippen molar-refractivity contribution in [2.24, 2.45) is 0 Å². The third-order valence-corrected chi connectivity index (χ3v) is 5.38. The van der Waals surface area contributed by atoms with E-state index in [1.807, 2.05) is 55.5 Å². The van der Waals surface area contributed by atoms with Crippen molar-refractivity contribution in [1.82, 2.24) is 0 Å². The van der Waals surface area contributed by atoms with Crippen LogP contribution < -0.4 is 15.0 Å². The molecule has 172 valence electrons. The molecule has 0 spiro atoms. The molecular formula is C28H32N2O3. The fraction of sp³-hybridized carbons (Fsp3) is 0.286. The van der Waals surface area contributed by atoms with Crippen molar-refractivity contribution in [3.8, 4) is 5.75 Å². The number of hydrogen-bond donors (Lipinski definition) is 1. The lowest BCUT2D eigenvalue weighted by molar-refractivity contribution is 0.0985. The molecule has 0 atom stereocenters. The van der Waals surface area contributed by atoms with Gasteiger partial charge in [0.2, 0.25) is 0 Å². The first kappa shape index (κ1) is 24.1. The molecule has 3 rings (SSSR count). The number of carbonyl (C=O) groups excluding carboxylic acids is 2. The minimum absolute atomic E-state index is 0.115. The average molecular weight is 445 g/mol. The van der Waals surface area contributed by atoms with E-state index in [1.165, 1.54) is 12.8 Å². The molecule has 0 saturated carbocycles. The summed E-state index contributed by atoms with van der Waals surface area (Å²) < 4.78 is 5.88. The second kappa shape index (κ2) is 12.4. The van der Waals surface area contributed by atoms with Crippen LogP contribution in [0.2, 0.25) is 0 Å². The molecule has 0 aromatic heterocycles. The van der Waals surface area contributed by atoms with Gasteiger partial charge in [0.05, 0.1) is 12.2 Å². The summed E-state index contributed by atoms with van der Waals surface area (Å²) in [7, 11) is 0. The number of hydrogen-bond acceptors (Lipinski definition) is 3. The quantitative estimate of drug-likeness (QED) is 0.341. The monoisotopic (exact) mass is 444 g/mol. The van der Waals surface area contributed by atoms with Gasteiger partial charge in [0.25, 0.3) is 11.8 Å². The van der Waals surface area contributed by atoms with Crippen LogP contribution in [-0.4, -0.2) is 25.0 Å². The topological polar surface area (TPSA) is 58.6 Å². The number of nitrogens with one attached hydrogen (secondary N) is 1. The summed E-state index contributed by atoms with van der Waals surface area (Å²) in [5.74, 6) is 0.190. The molecule has 0 aliphatic carbocycles. The Labute approximate surface area is 196 Å².